The van der Waals surface area contributed by atoms with Crippen molar-refractivity contribution in [2.45, 2.75) is 6.54 Å². The van der Waals surface area contributed by atoms with Crippen molar-refractivity contribution in [1.29, 1.82) is 0 Å². The van der Waals surface area contributed by atoms with Crippen LogP contribution in [-0.2, 0) is 6.54 Å². The minimum atomic E-state index is -1.22. The van der Waals surface area contributed by atoms with Gasteiger partial charge in [-0.3, -0.25) is 0 Å². The normalized spacial score (nSPS) is 10.5. The molecule has 0 amide bonds. The molecular formula is C12H8F3NO3. The van der Waals surface area contributed by atoms with Gasteiger partial charge in [0, 0.05) is 12.1 Å². The van der Waals surface area contributed by atoms with Crippen LogP contribution in [0.15, 0.2) is 28.9 Å². The minimum absolute atomic E-state index is 0.00984. The third kappa shape index (κ3) is 2.70. The molecule has 0 spiro atoms. The summed E-state index contributed by atoms with van der Waals surface area (Å²) in [4.78, 5) is 10.8. The average molecular weight is 271 g/mol. The van der Waals surface area contributed by atoms with Crippen LogP contribution in [0.5, 0.6) is 0 Å². The van der Waals surface area contributed by atoms with Gasteiger partial charge in [0.15, 0.2) is 11.6 Å². The van der Waals surface area contributed by atoms with Gasteiger partial charge < -0.3 is 14.8 Å². The molecule has 19 heavy (non-hydrogen) atoms. The number of anilines is 1. The predicted molar refractivity (Wildman–Crippen MR) is 59.3 cm³/mol. The van der Waals surface area contributed by atoms with Gasteiger partial charge >= 0.3 is 5.97 Å². The predicted octanol–water partition coefficient (Wildman–Crippen LogP) is 3.01. The van der Waals surface area contributed by atoms with Crippen molar-refractivity contribution in [3.8, 4) is 0 Å². The van der Waals surface area contributed by atoms with Gasteiger partial charge in [0.05, 0.1) is 12.8 Å². The Bertz CT molecular complexity index is 601. The van der Waals surface area contributed by atoms with Crippen LogP contribution in [-0.4, -0.2) is 11.1 Å². The van der Waals surface area contributed by atoms with Gasteiger partial charge in [-0.05, 0) is 6.07 Å². The number of furan rings is 1. The second kappa shape index (κ2) is 5.05. The molecular weight excluding hydrogens is 263 g/mol. The number of hydrogen-bond acceptors (Lipinski definition) is 3. The number of benzene rings is 1. The zero-order chi connectivity index (χ0) is 14.0. The molecule has 0 saturated carbocycles. The quantitative estimate of drug-likeness (QED) is 0.897. The number of carboxylic acids is 1. The van der Waals surface area contributed by atoms with Gasteiger partial charge in [-0.25, -0.2) is 18.0 Å². The molecule has 0 saturated heterocycles. The maximum absolute atomic E-state index is 13.3. The Morgan fingerprint density at radius 2 is 1.89 bits per heavy atom. The van der Waals surface area contributed by atoms with Crippen LogP contribution in [0.25, 0.3) is 0 Å². The minimum Gasteiger partial charge on any atom is -0.478 e. The molecule has 0 unspecified atom stereocenters. The first kappa shape index (κ1) is 13.0. The summed E-state index contributed by atoms with van der Waals surface area (Å²) >= 11 is 0. The van der Waals surface area contributed by atoms with E-state index in [1.54, 1.807) is 0 Å². The molecule has 0 bridgehead atoms. The molecule has 0 aliphatic carbocycles. The molecule has 2 N–H and O–H groups in total. The van der Waals surface area contributed by atoms with Crippen LogP contribution >= 0.6 is 0 Å². The highest BCUT2D eigenvalue weighted by atomic mass is 19.1. The molecule has 2 rings (SSSR count). The van der Waals surface area contributed by atoms with E-state index < -0.39 is 29.1 Å². The lowest BCUT2D eigenvalue weighted by Crippen LogP contribution is -2.07. The van der Waals surface area contributed by atoms with Crippen molar-refractivity contribution in [2.24, 2.45) is 0 Å². The Morgan fingerprint density at radius 3 is 2.47 bits per heavy atom. The zero-order valence-corrected chi connectivity index (χ0v) is 9.41. The second-order valence-electron chi connectivity index (χ2n) is 3.66. The van der Waals surface area contributed by atoms with Crippen molar-refractivity contribution in [1.82, 2.24) is 0 Å². The monoisotopic (exact) mass is 271 g/mol. The molecule has 1 aromatic carbocycles. The van der Waals surface area contributed by atoms with Gasteiger partial charge in [0.1, 0.15) is 22.8 Å². The van der Waals surface area contributed by atoms with E-state index in [2.05, 4.69) is 5.32 Å². The lowest BCUT2D eigenvalue weighted by atomic mass is 10.2. The fraction of sp³-hybridized carbons (Fsp3) is 0.0833. The third-order valence-corrected chi connectivity index (χ3v) is 2.41. The van der Waals surface area contributed by atoms with E-state index in [-0.39, 0.29) is 17.9 Å². The van der Waals surface area contributed by atoms with E-state index in [1.807, 2.05) is 0 Å². The fourth-order valence-electron chi connectivity index (χ4n) is 1.55. The smallest absolute Gasteiger partial charge is 0.339 e. The number of carbonyl (C=O) groups is 1. The average Bonchev–Trinajstić information content (AvgIpc) is 2.75. The van der Waals surface area contributed by atoms with E-state index in [0.29, 0.717) is 12.1 Å². The number of hydrogen-bond donors (Lipinski definition) is 2. The summed E-state index contributed by atoms with van der Waals surface area (Å²) in [6.45, 7) is -0.242. The van der Waals surface area contributed by atoms with Crippen LogP contribution in [0.3, 0.4) is 0 Å². The topological polar surface area (TPSA) is 62.5 Å². The SMILES string of the molecule is O=C(O)c1ccoc1CNc1c(F)cc(F)cc1F. The summed E-state index contributed by atoms with van der Waals surface area (Å²) in [7, 11) is 0. The summed E-state index contributed by atoms with van der Waals surface area (Å²) < 4.78 is 44.2. The molecule has 4 nitrogen and oxygen atoms in total. The molecule has 100 valence electrons. The maximum Gasteiger partial charge on any atom is 0.339 e. The molecule has 1 heterocycles. The largest absolute Gasteiger partial charge is 0.478 e. The lowest BCUT2D eigenvalue weighted by molar-refractivity contribution is 0.0694. The number of carboxylic acid groups (broad SMARTS) is 1. The highest BCUT2D eigenvalue weighted by Crippen LogP contribution is 2.21. The Labute approximate surface area is 105 Å². The Morgan fingerprint density at radius 1 is 1.26 bits per heavy atom. The second-order valence-corrected chi connectivity index (χ2v) is 3.66. The number of nitrogens with one attached hydrogen (secondary N) is 1. The van der Waals surface area contributed by atoms with Crippen LogP contribution in [0.4, 0.5) is 18.9 Å². The van der Waals surface area contributed by atoms with Crippen LogP contribution < -0.4 is 5.32 Å². The zero-order valence-electron chi connectivity index (χ0n) is 9.41. The van der Waals surface area contributed by atoms with Crippen molar-refractivity contribution in [2.75, 3.05) is 5.32 Å². The first-order valence-electron chi connectivity index (χ1n) is 5.17. The fourth-order valence-corrected chi connectivity index (χ4v) is 1.55. The highest BCUT2D eigenvalue weighted by Gasteiger charge is 2.16. The van der Waals surface area contributed by atoms with Crippen LogP contribution in [0, 0.1) is 17.5 Å². The van der Waals surface area contributed by atoms with Crippen LogP contribution in [0.1, 0.15) is 16.1 Å². The van der Waals surface area contributed by atoms with Crippen molar-refractivity contribution < 1.29 is 27.5 Å². The first-order valence-corrected chi connectivity index (χ1v) is 5.17. The Balaban J connectivity index is 2.19. The van der Waals surface area contributed by atoms with Gasteiger partial charge in [-0.1, -0.05) is 0 Å². The van der Waals surface area contributed by atoms with Crippen molar-refractivity contribution in [3.05, 3.63) is 53.2 Å². The van der Waals surface area contributed by atoms with E-state index in [1.165, 1.54) is 6.07 Å². The van der Waals surface area contributed by atoms with E-state index >= 15 is 0 Å². The summed E-state index contributed by atoms with van der Waals surface area (Å²) in [5.41, 5.74) is -0.662. The molecule has 0 aliphatic heterocycles. The van der Waals surface area contributed by atoms with Crippen molar-refractivity contribution >= 4 is 11.7 Å². The molecule has 7 heteroatoms. The molecule has 0 atom stereocenters. The summed E-state index contributed by atoms with van der Waals surface area (Å²) in [5.74, 6) is -4.46. The maximum atomic E-state index is 13.3. The highest BCUT2D eigenvalue weighted by molar-refractivity contribution is 5.88. The van der Waals surface area contributed by atoms with Gasteiger partial charge in [-0.15, -0.1) is 0 Å². The summed E-state index contributed by atoms with van der Waals surface area (Å²) in [5, 5.41) is 11.1. The summed E-state index contributed by atoms with van der Waals surface area (Å²) in [6.07, 6.45) is 1.15. The first-order chi connectivity index (χ1) is 8.99. The van der Waals surface area contributed by atoms with Crippen molar-refractivity contribution in [3.63, 3.8) is 0 Å². The number of halogens is 3. The molecule has 1 aromatic heterocycles. The van der Waals surface area contributed by atoms with Gasteiger partial charge in [-0.2, -0.15) is 0 Å². The number of rotatable bonds is 4. The van der Waals surface area contributed by atoms with Gasteiger partial charge in [0.25, 0.3) is 0 Å². The van der Waals surface area contributed by atoms with Crippen LogP contribution in [0.2, 0.25) is 0 Å². The molecule has 0 aliphatic rings. The molecule has 2 aromatic rings. The standard InChI is InChI=1S/C12H8F3NO3/c13-6-3-8(14)11(9(15)4-6)16-5-10-7(12(17)18)1-2-19-10/h1-4,16H,5H2,(H,17,18). The Kier molecular flexibility index (Phi) is 3.46. The lowest BCUT2D eigenvalue weighted by Gasteiger charge is -2.08. The van der Waals surface area contributed by atoms with Gasteiger partial charge in [0.2, 0.25) is 0 Å². The molecule has 0 radical (unpaired) electrons. The van der Waals surface area contributed by atoms with E-state index in [9.17, 15) is 18.0 Å². The molecule has 0 fully saturated rings. The van der Waals surface area contributed by atoms with E-state index in [4.69, 9.17) is 9.52 Å². The Hall–Kier alpha value is -2.44. The summed E-state index contributed by atoms with van der Waals surface area (Å²) in [6, 6.07) is 2.26. The third-order valence-electron chi connectivity index (χ3n) is 2.41. The number of aromatic carboxylic acids is 1. The van der Waals surface area contributed by atoms with E-state index in [0.717, 1.165) is 6.26 Å².